The summed E-state index contributed by atoms with van der Waals surface area (Å²) in [6.07, 6.45) is 3.31. The van der Waals surface area contributed by atoms with Gasteiger partial charge in [0.05, 0.1) is 11.6 Å². The zero-order chi connectivity index (χ0) is 10.5. The van der Waals surface area contributed by atoms with Crippen LogP contribution in [0.25, 0.3) is 0 Å². The van der Waals surface area contributed by atoms with Gasteiger partial charge in [0, 0.05) is 18.1 Å². The zero-order valence-corrected chi connectivity index (χ0v) is 7.88. The molecule has 0 radical (unpaired) electrons. The Labute approximate surface area is 87.2 Å². The summed E-state index contributed by atoms with van der Waals surface area (Å²) < 4.78 is 0. The molecule has 0 unspecified atom stereocenters. The molecular weight excluding hydrogens is 188 g/mol. The molecule has 1 heterocycles. The van der Waals surface area contributed by atoms with E-state index in [0.29, 0.717) is 11.5 Å². The van der Waals surface area contributed by atoms with E-state index in [9.17, 15) is 0 Å². The van der Waals surface area contributed by atoms with Crippen LogP contribution in [0.4, 0.5) is 11.6 Å². The molecule has 0 amide bonds. The Hall–Kier alpha value is -2.41. The minimum absolute atomic E-state index is 0.521. The fraction of sp³-hybridized carbons (Fsp3) is 0. The average Bonchev–Trinajstić information content (AvgIpc) is 2.31. The van der Waals surface area contributed by atoms with Gasteiger partial charge in [0.2, 0.25) is 5.95 Å². The molecule has 0 aliphatic heterocycles. The van der Waals surface area contributed by atoms with Crippen molar-refractivity contribution in [1.29, 1.82) is 5.26 Å². The number of nitrogens with one attached hydrogen (secondary N) is 1. The molecule has 4 heteroatoms. The third-order valence-electron chi connectivity index (χ3n) is 1.81. The first kappa shape index (κ1) is 9.16. The SMILES string of the molecule is N#Cc1cccc(Nc2ncccn2)c1. The maximum absolute atomic E-state index is 8.72. The molecule has 0 fully saturated rings. The van der Waals surface area contributed by atoms with Crippen LogP contribution in [-0.2, 0) is 0 Å². The molecule has 2 rings (SSSR count). The van der Waals surface area contributed by atoms with Crippen LogP contribution in [0, 0.1) is 11.3 Å². The number of anilines is 2. The van der Waals surface area contributed by atoms with Crippen molar-refractivity contribution in [2.75, 3.05) is 5.32 Å². The van der Waals surface area contributed by atoms with E-state index in [0.717, 1.165) is 5.69 Å². The fourth-order valence-corrected chi connectivity index (χ4v) is 1.16. The predicted molar refractivity (Wildman–Crippen MR) is 56.5 cm³/mol. The molecule has 0 atom stereocenters. The first-order valence-corrected chi connectivity index (χ1v) is 4.43. The molecule has 0 aliphatic rings. The van der Waals surface area contributed by atoms with Crippen molar-refractivity contribution in [1.82, 2.24) is 9.97 Å². The second-order valence-electron chi connectivity index (χ2n) is 2.89. The zero-order valence-electron chi connectivity index (χ0n) is 7.88. The van der Waals surface area contributed by atoms with Gasteiger partial charge < -0.3 is 5.32 Å². The average molecular weight is 196 g/mol. The molecule has 72 valence electrons. The molecule has 15 heavy (non-hydrogen) atoms. The summed E-state index contributed by atoms with van der Waals surface area (Å²) in [5, 5.41) is 11.7. The van der Waals surface area contributed by atoms with E-state index < -0.39 is 0 Å². The number of benzene rings is 1. The second-order valence-corrected chi connectivity index (χ2v) is 2.89. The number of hydrogen-bond donors (Lipinski definition) is 1. The Bertz CT molecular complexity index is 487. The van der Waals surface area contributed by atoms with Gasteiger partial charge in [-0.15, -0.1) is 0 Å². The van der Waals surface area contributed by atoms with E-state index in [1.165, 1.54) is 0 Å². The van der Waals surface area contributed by atoms with E-state index in [1.807, 2.05) is 12.1 Å². The molecule has 2 aromatic rings. The van der Waals surface area contributed by atoms with Gasteiger partial charge in [-0.1, -0.05) is 6.07 Å². The van der Waals surface area contributed by atoms with E-state index in [2.05, 4.69) is 21.4 Å². The standard InChI is InChI=1S/C11H8N4/c12-8-9-3-1-4-10(7-9)15-11-13-5-2-6-14-11/h1-7H,(H,13,14,15). The molecule has 0 aliphatic carbocycles. The van der Waals surface area contributed by atoms with Gasteiger partial charge in [0.25, 0.3) is 0 Å². The maximum Gasteiger partial charge on any atom is 0.227 e. The Morgan fingerprint density at radius 2 is 1.93 bits per heavy atom. The third-order valence-corrected chi connectivity index (χ3v) is 1.81. The molecule has 1 N–H and O–H groups in total. The van der Waals surface area contributed by atoms with Crippen LogP contribution in [0.3, 0.4) is 0 Å². The first-order chi connectivity index (χ1) is 7.38. The minimum Gasteiger partial charge on any atom is -0.324 e. The van der Waals surface area contributed by atoms with Gasteiger partial charge >= 0.3 is 0 Å². The highest BCUT2D eigenvalue weighted by Gasteiger charge is 1.96. The third kappa shape index (κ3) is 2.29. The van der Waals surface area contributed by atoms with E-state index >= 15 is 0 Å². The number of nitriles is 1. The topological polar surface area (TPSA) is 61.6 Å². The largest absolute Gasteiger partial charge is 0.324 e. The number of aromatic nitrogens is 2. The van der Waals surface area contributed by atoms with Gasteiger partial charge in [-0.05, 0) is 24.3 Å². The Balaban J connectivity index is 2.22. The summed E-state index contributed by atoms with van der Waals surface area (Å²) in [6.45, 7) is 0. The lowest BCUT2D eigenvalue weighted by molar-refractivity contribution is 1.17. The van der Waals surface area contributed by atoms with Crippen molar-refractivity contribution in [2.24, 2.45) is 0 Å². The molecule has 1 aromatic heterocycles. The lowest BCUT2D eigenvalue weighted by Crippen LogP contribution is -1.95. The quantitative estimate of drug-likeness (QED) is 0.798. The number of hydrogen-bond acceptors (Lipinski definition) is 4. The van der Waals surface area contributed by atoms with Crippen LogP contribution >= 0.6 is 0 Å². The van der Waals surface area contributed by atoms with Crippen molar-refractivity contribution in [3.63, 3.8) is 0 Å². The lowest BCUT2D eigenvalue weighted by Gasteiger charge is -2.03. The predicted octanol–water partition coefficient (Wildman–Crippen LogP) is 2.09. The van der Waals surface area contributed by atoms with Gasteiger partial charge in [-0.2, -0.15) is 5.26 Å². The lowest BCUT2D eigenvalue weighted by atomic mass is 10.2. The fourth-order valence-electron chi connectivity index (χ4n) is 1.16. The molecule has 0 saturated carbocycles. The molecule has 0 spiro atoms. The van der Waals surface area contributed by atoms with Gasteiger partial charge in [0.1, 0.15) is 0 Å². The van der Waals surface area contributed by atoms with Crippen LogP contribution in [0.1, 0.15) is 5.56 Å². The van der Waals surface area contributed by atoms with Crippen molar-refractivity contribution >= 4 is 11.6 Å². The van der Waals surface area contributed by atoms with E-state index in [-0.39, 0.29) is 0 Å². The summed E-state index contributed by atoms with van der Waals surface area (Å²) in [6, 6.07) is 11.0. The normalized spacial score (nSPS) is 9.27. The highest BCUT2D eigenvalue weighted by atomic mass is 15.1. The molecule has 0 saturated heterocycles. The van der Waals surface area contributed by atoms with Crippen LogP contribution in [-0.4, -0.2) is 9.97 Å². The summed E-state index contributed by atoms with van der Waals surface area (Å²) in [7, 11) is 0. The minimum atomic E-state index is 0.521. The monoisotopic (exact) mass is 196 g/mol. The van der Waals surface area contributed by atoms with Gasteiger partial charge in [-0.3, -0.25) is 0 Å². The first-order valence-electron chi connectivity index (χ1n) is 4.43. The second kappa shape index (κ2) is 4.20. The smallest absolute Gasteiger partial charge is 0.227 e. The van der Waals surface area contributed by atoms with Crippen LogP contribution < -0.4 is 5.32 Å². The molecule has 1 aromatic carbocycles. The molecule has 4 nitrogen and oxygen atoms in total. The Morgan fingerprint density at radius 3 is 2.67 bits per heavy atom. The molecular formula is C11H8N4. The van der Waals surface area contributed by atoms with Gasteiger partial charge in [0.15, 0.2) is 0 Å². The summed E-state index contributed by atoms with van der Waals surface area (Å²) >= 11 is 0. The maximum atomic E-state index is 8.72. The number of nitrogens with zero attached hydrogens (tertiary/aromatic N) is 3. The highest BCUT2D eigenvalue weighted by Crippen LogP contribution is 2.13. The van der Waals surface area contributed by atoms with Crippen molar-refractivity contribution in [3.8, 4) is 6.07 Å². The number of rotatable bonds is 2. The Morgan fingerprint density at radius 1 is 1.13 bits per heavy atom. The highest BCUT2D eigenvalue weighted by molar-refractivity contribution is 5.55. The van der Waals surface area contributed by atoms with E-state index in [4.69, 9.17) is 5.26 Å². The molecule has 0 bridgehead atoms. The van der Waals surface area contributed by atoms with Crippen molar-refractivity contribution in [2.45, 2.75) is 0 Å². The summed E-state index contributed by atoms with van der Waals surface area (Å²) in [5.74, 6) is 0.521. The van der Waals surface area contributed by atoms with Crippen molar-refractivity contribution in [3.05, 3.63) is 48.3 Å². The van der Waals surface area contributed by atoms with E-state index in [1.54, 1.807) is 30.6 Å². The van der Waals surface area contributed by atoms with Crippen molar-refractivity contribution < 1.29 is 0 Å². The van der Waals surface area contributed by atoms with Crippen LogP contribution in [0.5, 0.6) is 0 Å². The van der Waals surface area contributed by atoms with Gasteiger partial charge in [-0.25, -0.2) is 9.97 Å². The Kier molecular flexibility index (Phi) is 2.56. The summed E-state index contributed by atoms with van der Waals surface area (Å²) in [4.78, 5) is 8.05. The summed E-state index contributed by atoms with van der Waals surface area (Å²) in [5.41, 5.74) is 1.41. The van der Waals surface area contributed by atoms with Crippen LogP contribution in [0.15, 0.2) is 42.7 Å². The van der Waals surface area contributed by atoms with Crippen LogP contribution in [0.2, 0.25) is 0 Å².